The third-order valence-electron chi connectivity index (χ3n) is 10.2. The minimum absolute atomic E-state index is 0.0858. The predicted molar refractivity (Wildman–Crippen MR) is 225 cm³/mol. The molecule has 306 valence electrons. The summed E-state index contributed by atoms with van der Waals surface area (Å²) in [5.41, 5.74) is 3.50. The largest absolute Gasteiger partial charge is 0.459 e. The zero-order chi connectivity index (χ0) is 41.7. The van der Waals surface area contributed by atoms with Crippen molar-refractivity contribution in [2.45, 2.75) is 130 Å². The van der Waals surface area contributed by atoms with Crippen LogP contribution >= 0.6 is 0 Å². The van der Waals surface area contributed by atoms with E-state index in [-0.39, 0.29) is 30.4 Å². The van der Waals surface area contributed by atoms with Crippen molar-refractivity contribution >= 4 is 11.8 Å². The van der Waals surface area contributed by atoms with Crippen LogP contribution in [0.5, 0.6) is 0 Å². The molecule has 1 aromatic carbocycles. The average molecular weight is 762 g/mol. The summed E-state index contributed by atoms with van der Waals surface area (Å²) in [5, 5.41) is 12.8. The number of benzene rings is 1. The van der Waals surface area contributed by atoms with Gasteiger partial charge in [0.1, 0.15) is 6.04 Å². The topological polar surface area (TPSA) is 128 Å². The van der Waals surface area contributed by atoms with Crippen molar-refractivity contribution < 1.29 is 14.1 Å². The van der Waals surface area contributed by atoms with Gasteiger partial charge in [0.2, 0.25) is 5.91 Å². The van der Waals surface area contributed by atoms with Crippen molar-refractivity contribution in [3.8, 4) is 6.07 Å². The molecule has 0 bridgehead atoms. The summed E-state index contributed by atoms with van der Waals surface area (Å²) in [7, 11) is 7.47. The number of nitriles is 1. The van der Waals surface area contributed by atoms with Crippen LogP contribution in [0, 0.1) is 11.3 Å². The first kappa shape index (κ1) is 48.6. The van der Waals surface area contributed by atoms with E-state index in [1.807, 2.05) is 57.1 Å². The van der Waals surface area contributed by atoms with Gasteiger partial charge in [-0.1, -0.05) is 84.8 Å². The average Bonchev–Trinajstić information content (AvgIpc) is 3.83. The van der Waals surface area contributed by atoms with E-state index in [9.17, 15) is 19.6 Å². The number of nitrogens with one attached hydrogen (secondary N) is 1. The molecule has 2 aromatic rings. The fourth-order valence-corrected chi connectivity index (χ4v) is 6.38. The van der Waals surface area contributed by atoms with Crippen LogP contribution in [0.3, 0.4) is 0 Å². The van der Waals surface area contributed by atoms with E-state index < -0.39 is 11.2 Å². The van der Waals surface area contributed by atoms with Gasteiger partial charge in [-0.15, -0.1) is 6.58 Å². The first-order chi connectivity index (χ1) is 26.1. The van der Waals surface area contributed by atoms with E-state index in [0.717, 1.165) is 36.0 Å². The number of aryl methyl sites for hydroxylation is 1. The maximum atomic E-state index is 13.0. The lowest BCUT2D eigenvalue weighted by Crippen LogP contribution is -2.43. The van der Waals surface area contributed by atoms with Crippen LogP contribution in [0.4, 0.5) is 0 Å². The van der Waals surface area contributed by atoms with E-state index in [4.69, 9.17) is 4.52 Å². The molecule has 2 heterocycles. The molecule has 1 aliphatic rings. The number of hydrogen-bond acceptors (Lipinski definition) is 8. The highest BCUT2D eigenvalue weighted by molar-refractivity contribution is 5.94. The molecule has 3 atom stereocenters. The Hall–Kier alpha value is -4.43. The zero-order valence-electron chi connectivity index (χ0n) is 35.8. The standard InChI is InChI=1S/C34H48N6O4.C6H13N.C4H10/c1-8-11-14-24(4)34(32-37-33(43)44-40(32)25(5)10-3,18-19-36-23-30(41)39-20-12-15-28(39)22-35)29-17-16-27(31(42)38(6)7)21-26(29)13-9-2;1-5-6(2)7(3)4;1-3-4-2/h8,16-17,21,25,28,36H,1,4,9-15,18-20,23H2,2-3,5-7H3;2,5H2,1,3-4H3;3-4H2,1-2H3. The number of carbonyl (C=O) groups is 2. The summed E-state index contributed by atoms with van der Waals surface area (Å²) in [4.78, 5) is 48.5. The van der Waals surface area contributed by atoms with Crippen molar-refractivity contribution in [2.24, 2.45) is 0 Å². The summed E-state index contributed by atoms with van der Waals surface area (Å²) in [6, 6.07) is 7.42. The van der Waals surface area contributed by atoms with Crippen molar-refractivity contribution in [2.75, 3.05) is 47.8 Å². The second-order valence-electron chi connectivity index (χ2n) is 14.6. The molecule has 1 fully saturated rings. The Labute approximate surface area is 332 Å². The number of amides is 2. The quantitative estimate of drug-likeness (QED) is 0.113. The molecule has 2 amide bonds. The molecule has 11 heteroatoms. The summed E-state index contributed by atoms with van der Waals surface area (Å²) in [6.07, 6.45) is 11.0. The fourth-order valence-electron chi connectivity index (χ4n) is 6.38. The SMILES string of the molecule is C=C(CC)N(C)C.C=CCCC(=C)C(CCNCC(=O)N1CCCC1C#N)(c1ccc(C(=O)N(C)C)cc1CCC)c1nc(=O)on1C(C)CC.CCCC. The van der Waals surface area contributed by atoms with Crippen LogP contribution in [0.25, 0.3) is 0 Å². The van der Waals surface area contributed by atoms with Crippen LogP contribution in [0.2, 0.25) is 0 Å². The molecule has 0 saturated carbocycles. The number of hydrogen-bond donors (Lipinski definition) is 1. The molecule has 3 unspecified atom stereocenters. The van der Waals surface area contributed by atoms with Crippen LogP contribution < -0.4 is 11.1 Å². The number of carbonyl (C=O) groups excluding carboxylic acids is 2. The third-order valence-corrected chi connectivity index (χ3v) is 10.2. The Morgan fingerprint density at radius 2 is 1.78 bits per heavy atom. The number of nitrogens with zero attached hydrogens (tertiary/aromatic N) is 6. The summed E-state index contributed by atoms with van der Waals surface area (Å²) >= 11 is 0. The van der Waals surface area contributed by atoms with Gasteiger partial charge in [0.25, 0.3) is 5.91 Å². The van der Waals surface area contributed by atoms with Gasteiger partial charge in [0.15, 0.2) is 5.82 Å². The van der Waals surface area contributed by atoms with E-state index in [1.54, 1.807) is 28.6 Å². The van der Waals surface area contributed by atoms with E-state index in [0.29, 0.717) is 63.0 Å². The highest BCUT2D eigenvalue weighted by Gasteiger charge is 2.44. The molecule has 0 radical (unpaired) electrons. The Morgan fingerprint density at radius 3 is 2.29 bits per heavy atom. The van der Waals surface area contributed by atoms with Gasteiger partial charge in [0, 0.05) is 46.0 Å². The van der Waals surface area contributed by atoms with Crippen molar-refractivity contribution in [3.05, 3.63) is 88.3 Å². The smallest absolute Gasteiger partial charge is 0.381 e. The molecule has 0 spiro atoms. The molecule has 0 aliphatic carbocycles. The molecule has 1 N–H and O–H groups in total. The molecular formula is C44H71N7O4. The van der Waals surface area contributed by atoms with E-state index in [1.165, 1.54) is 18.5 Å². The minimum atomic E-state index is -0.971. The first-order valence-corrected chi connectivity index (χ1v) is 20.1. The minimum Gasteiger partial charge on any atom is -0.381 e. The van der Waals surface area contributed by atoms with E-state index in [2.05, 4.69) is 63.8 Å². The Balaban J connectivity index is 0.00000120. The predicted octanol–water partition coefficient (Wildman–Crippen LogP) is 8.04. The normalized spacial score (nSPS) is 14.9. The van der Waals surface area contributed by atoms with Crippen LogP contribution in [-0.2, 0) is 16.6 Å². The molecule has 1 aromatic heterocycles. The monoisotopic (exact) mass is 762 g/mol. The van der Waals surface area contributed by atoms with Gasteiger partial charge in [-0.2, -0.15) is 15.0 Å². The summed E-state index contributed by atoms with van der Waals surface area (Å²) < 4.78 is 7.31. The second-order valence-corrected chi connectivity index (χ2v) is 14.6. The number of rotatable bonds is 19. The van der Waals surface area contributed by atoms with Gasteiger partial charge in [-0.3, -0.25) is 9.59 Å². The van der Waals surface area contributed by atoms with E-state index >= 15 is 0 Å². The van der Waals surface area contributed by atoms with Gasteiger partial charge < -0.3 is 24.5 Å². The highest BCUT2D eigenvalue weighted by atomic mass is 16.5. The van der Waals surface area contributed by atoms with Gasteiger partial charge in [-0.05, 0) is 88.1 Å². The Bertz CT molecular complexity index is 1630. The first-order valence-electron chi connectivity index (χ1n) is 20.1. The lowest BCUT2D eigenvalue weighted by Gasteiger charge is -2.38. The Morgan fingerprint density at radius 1 is 1.11 bits per heavy atom. The Kier molecular flexibility index (Phi) is 22.0. The maximum Gasteiger partial charge on any atom is 0.459 e. The van der Waals surface area contributed by atoms with Gasteiger partial charge in [-0.25, -0.2) is 4.79 Å². The molecule has 11 nitrogen and oxygen atoms in total. The third kappa shape index (κ3) is 13.7. The highest BCUT2D eigenvalue weighted by Crippen LogP contribution is 2.45. The lowest BCUT2D eigenvalue weighted by atomic mass is 9.67. The fraction of sp³-hybridized carbons (Fsp3) is 0.614. The molecular weight excluding hydrogens is 691 g/mol. The summed E-state index contributed by atoms with van der Waals surface area (Å²) in [6.45, 7) is 25.9. The molecule has 55 heavy (non-hydrogen) atoms. The molecule has 1 saturated heterocycles. The van der Waals surface area contributed by atoms with Crippen molar-refractivity contribution in [3.63, 3.8) is 0 Å². The number of allylic oxidation sites excluding steroid dienone is 3. The number of aromatic nitrogens is 2. The van der Waals surface area contributed by atoms with Crippen LogP contribution in [-0.4, -0.2) is 90.1 Å². The van der Waals surface area contributed by atoms with Crippen LogP contribution in [0.15, 0.2) is 64.6 Å². The van der Waals surface area contributed by atoms with Crippen LogP contribution in [0.1, 0.15) is 139 Å². The van der Waals surface area contributed by atoms with Gasteiger partial charge >= 0.3 is 5.76 Å². The number of likely N-dealkylation sites (tertiary alicyclic amines) is 1. The molecule has 1 aliphatic heterocycles. The lowest BCUT2D eigenvalue weighted by molar-refractivity contribution is -0.130. The zero-order valence-corrected chi connectivity index (χ0v) is 35.8. The molecule has 3 rings (SSSR count). The van der Waals surface area contributed by atoms with Crippen molar-refractivity contribution in [1.82, 2.24) is 29.7 Å². The van der Waals surface area contributed by atoms with Crippen molar-refractivity contribution in [1.29, 1.82) is 5.26 Å². The van der Waals surface area contributed by atoms with Gasteiger partial charge in [0.05, 0.1) is 24.1 Å². The second kappa shape index (κ2) is 24.9. The summed E-state index contributed by atoms with van der Waals surface area (Å²) in [5.74, 6) is -0.425. The maximum absolute atomic E-state index is 13.0. The number of unbranched alkanes of at least 4 members (excludes halogenated alkanes) is 1.